The van der Waals surface area contributed by atoms with Crippen LogP contribution in [-0.4, -0.2) is 52.5 Å². The van der Waals surface area contributed by atoms with Gasteiger partial charge < -0.3 is 5.11 Å². The average Bonchev–Trinajstić information content (AvgIpc) is 2.64. The number of carbonyl (C=O) groups excluding carboxylic acids is 1. The standard InChI is InChI=1S/C23H30N2O2/c1-17-5-4-6-21(11-17)14-24-12-18(2)25(19(3)13-24)15-20-7-9-22(10-8-20)23(27)16-26/h4-11,18-19,26H,12-16H2,1-3H3/t18-,19+. The van der Waals surface area contributed by atoms with Crippen molar-refractivity contribution in [3.05, 3.63) is 70.8 Å². The van der Waals surface area contributed by atoms with Crippen LogP contribution in [0.25, 0.3) is 0 Å². The van der Waals surface area contributed by atoms with Crippen LogP contribution in [-0.2, 0) is 13.1 Å². The van der Waals surface area contributed by atoms with Gasteiger partial charge in [0.2, 0.25) is 0 Å². The van der Waals surface area contributed by atoms with E-state index in [2.05, 4.69) is 54.8 Å². The van der Waals surface area contributed by atoms with Gasteiger partial charge in [0, 0.05) is 43.8 Å². The van der Waals surface area contributed by atoms with E-state index in [0.29, 0.717) is 17.6 Å². The quantitative estimate of drug-likeness (QED) is 0.797. The molecular formula is C23H30N2O2. The van der Waals surface area contributed by atoms with Crippen molar-refractivity contribution in [1.82, 2.24) is 9.80 Å². The molecule has 144 valence electrons. The smallest absolute Gasteiger partial charge is 0.188 e. The van der Waals surface area contributed by atoms with E-state index in [9.17, 15) is 4.79 Å². The second-order valence-corrected chi connectivity index (χ2v) is 7.83. The highest BCUT2D eigenvalue weighted by atomic mass is 16.3. The molecule has 0 amide bonds. The number of benzene rings is 2. The summed E-state index contributed by atoms with van der Waals surface area (Å²) in [6.07, 6.45) is 0. The SMILES string of the molecule is Cc1cccc(CN2C[C@@H](C)N(Cc3ccc(C(=O)CO)cc3)[C@@H](C)C2)c1. The lowest BCUT2D eigenvalue weighted by molar-refractivity contribution is 0.0290. The number of hydrogen-bond donors (Lipinski definition) is 1. The molecule has 2 aromatic carbocycles. The third-order valence-corrected chi connectivity index (χ3v) is 5.45. The summed E-state index contributed by atoms with van der Waals surface area (Å²) in [5.74, 6) is -0.229. The van der Waals surface area contributed by atoms with Crippen molar-refractivity contribution >= 4 is 5.78 Å². The van der Waals surface area contributed by atoms with Gasteiger partial charge in [-0.3, -0.25) is 14.6 Å². The summed E-state index contributed by atoms with van der Waals surface area (Å²) in [5.41, 5.74) is 4.47. The van der Waals surface area contributed by atoms with E-state index in [-0.39, 0.29) is 5.78 Å². The first-order valence-corrected chi connectivity index (χ1v) is 9.73. The van der Waals surface area contributed by atoms with Crippen molar-refractivity contribution in [2.24, 2.45) is 0 Å². The molecule has 0 saturated carbocycles. The van der Waals surface area contributed by atoms with Crippen molar-refractivity contribution in [2.75, 3.05) is 19.7 Å². The Morgan fingerprint density at radius 3 is 2.26 bits per heavy atom. The molecule has 1 saturated heterocycles. The molecule has 1 heterocycles. The summed E-state index contributed by atoms with van der Waals surface area (Å²) < 4.78 is 0. The van der Waals surface area contributed by atoms with Crippen LogP contribution in [0, 0.1) is 6.92 Å². The molecule has 3 rings (SSSR count). The van der Waals surface area contributed by atoms with E-state index in [1.807, 2.05) is 24.3 Å². The van der Waals surface area contributed by atoms with Gasteiger partial charge in [-0.2, -0.15) is 0 Å². The zero-order chi connectivity index (χ0) is 19.4. The lowest BCUT2D eigenvalue weighted by Crippen LogP contribution is -2.55. The van der Waals surface area contributed by atoms with Gasteiger partial charge in [0.05, 0.1) is 0 Å². The molecule has 4 nitrogen and oxygen atoms in total. The molecule has 2 aromatic rings. The highest BCUT2D eigenvalue weighted by molar-refractivity contribution is 5.96. The first-order valence-electron chi connectivity index (χ1n) is 9.73. The molecule has 1 aliphatic heterocycles. The second-order valence-electron chi connectivity index (χ2n) is 7.83. The first-order chi connectivity index (χ1) is 13.0. The average molecular weight is 367 g/mol. The highest BCUT2D eigenvalue weighted by Gasteiger charge is 2.29. The van der Waals surface area contributed by atoms with Crippen molar-refractivity contribution in [3.8, 4) is 0 Å². The molecule has 0 aromatic heterocycles. The van der Waals surface area contributed by atoms with Gasteiger partial charge in [-0.25, -0.2) is 0 Å². The number of aliphatic hydroxyl groups is 1. The molecule has 0 unspecified atom stereocenters. The van der Waals surface area contributed by atoms with Crippen LogP contribution in [0.5, 0.6) is 0 Å². The maximum Gasteiger partial charge on any atom is 0.188 e. The number of ketones is 1. The number of aryl methyl sites for hydroxylation is 1. The summed E-state index contributed by atoms with van der Waals surface area (Å²) in [7, 11) is 0. The monoisotopic (exact) mass is 366 g/mol. The number of aliphatic hydroxyl groups excluding tert-OH is 1. The number of piperazine rings is 1. The van der Waals surface area contributed by atoms with Crippen molar-refractivity contribution in [2.45, 2.75) is 45.9 Å². The number of carbonyl (C=O) groups is 1. The van der Waals surface area contributed by atoms with E-state index in [1.54, 1.807) is 0 Å². The van der Waals surface area contributed by atoms with Crippen LogP contribution >= 0.6 is 0 Å². The molecule has 0 bridgehead atoms. The first kappa shape index (κ1) is 19.7. The summed E-state index contributed by atoms with van der Waals surface area (Å²) in [6, 6.07) is 17.3. The molecular weight excluding hydrogens is 336 g/mol. The number of nitrogens with zero attached hydrogens (tertiary/aromatic N) is 2. The molecule has 0 aliphatic carbocycles. The largest absolute Gasteiger partial charge is 0.388 e. The Balaban J connectivity index is 1.61. The van der Waals surface area contributed by atoms with Gasteiger partial charge in [-0.15, -0.1) is 0 Å². The van der Waals surface area contributed by atoms with Crippen LogP contribution in [0.3, 0.4) is 0 Å². The molecule has 2 atom stereocenters. The predicted molar refractivity (Wildman–Crippen MR) is 109 cm³/mol. The van der Waals surface area contributed by atoms with Crippen molar-refractivity contribution in [1.29, 1.82) is 0 Å². The van der Waals surface area contributed by atoms with Gasteiger partial charge >= 0.3 is 0 Å². The van der Waals surface area contributed by atoms with Crippen molar-refractivity contribution in [3.63, 3.8) is 0 Å². The lowest BCUT2D eigenvalue weighted by Gasteiger charge is -2.44. The van der Waals surface area contributed by atoms with Crippen LogP contribution in [0.15, 0.2) is 48.5 Å². The minimum Gasteiger partial charge on any atom is -0.388 e. The summed E-state index contributed by atoms with van der Waals surface area (Å²) >= 11 is 0. The Morgan fingerprint density at radius 2 is 1.67 bits per heavy atom. The third kappa shape index (κ3) is 5.04. The normalized spacial score (nSPS) is 21.3. The maximum absolute atomic E-state index is 11.6. The van der Waals surface area contributed by atoms with E-state index in [0.717, 1.165) is 26.2 Å². The van der Waals surface area contributed by atoms with Crippen molar-refractivity contribution < 1.29 is 9.90 Å². The lowest BCUT2D eigenvalue weighted by atomic mass is 10.0. The molecule has 4 heteroatoms. The minimum atomic E-state index is -0.434. The Hall–Kier alpha value is -2.01. The Kier molecular flexibility index (Phi) is 6.42. The molecule has 1 N–H and O–H groups in total. The van der Waals surface area contributed by atoms with E-state index in [4.69, 9.17) is 5.11 Å². The second kappa shape index (κ2) is 8.79. The molecule has 27 heavy (non-hydrogen) atoms. The van der Waals surface area contributed by atoms with Gasteiger partial charge in [0.25, 0.3) is 0 Å². The van der Waals surface area contributed by atoms with E-state index < -0.39 is 6.61 Å². The zero-order valence-electron chi connectivity index (χ0n) is 16.6. The van der Waals surface area contributed by atoms with Gasteiger partial charge in [0.15, 0.2) is 5.78 Å². The fraction of sp³-hybridized carbons (Fsp3) is 0.435. The topological polar surface area (TPSA) is 43.8 Å². The fourth-order valence-corrected chi connectivity index (χ4v) is 4.07. The van der Waals surface area contributed by atoms with Crippen LogP contribution in [0.4, 0.5) is 0 Å². The number of hydrogen-bond acceptors (Lipinski definition) is 4. The molecule has 0 spiro atoms. The molecule has 0 radical (unpaired) electrons. The van der Waals surface area contributed by atoms with Crippen LogP contribution in [0.1, 0.15) is 40.9 Å². The predicted octanol–water partition coefficient (Wildman–Crippen LogP) is 3.26. The van der Waals surface area contributed by atoms with E-state index in [1.165, 1.54) is 16.7 Å². The summed E-state index contributed by atoms with van der Waals surface area (Å²) in [4.78, 5) is 16.6. The Morgan fingerprint density at radius 1 is 1.00 bits per heavy atom. The van der Waals surface area contributed by atoms with Gasteiger partial charge in [-0.05, 0) is 31.9 Å². The Bertz CT molecular complexity index is 760. The molecule has 1 aliphatic rings. The summed E-state index contributed by atoms with van der Waals surface area (Å²) in [5, 5.41) is 8.97. The fourth-order valence-electron chi connectivity index (χ4n) is 4.07. The maximum atomic E-state index is 11.6. The molecule has 1 fully saturated rings. The van der Waals surface area contributed by atoms with Crippen LogP contribution < -0.4 is 0 Å². The zero-order valence-corrected chi connectivity index (χ0v) is 16.6. The Labute approximate surface area is 162 Å². The number of Topliss-reactive ketones (excluding diaryl/α,β-unsaturated/α-hetero) is 1. The third-order valence-electron chi connectivity index (χ3n) is 5.45. The van der Waals surface area contributed by atoms with Gasteiger partial charge in [-0.1, -0.05) is 54.1 Å². The van der Waals surface area contributed by atoms with Crippen LogP contribution in [0.2, 0.25) is 0 Å². The van der Waals surface area contributed by atoms with E-state index >= 15 is 0 Å². The number of rotatable bonds is 6. The summed E-state index contributed by atoms with van der Waals surface area (Å²) in [6.45, 7) is 10.3. The highest BCUT2D eigenvalue weighted by Crippen LogP contribution is 2.21. The van der Waals surface area contributed by atoms with Gasteiger partial charge in [0.1, 0.15) is 6.61 Å². The minimum absolute atomic E-state index is 0.229.